The number of aliphatic hydroxyl groups excluding tert-OH is 3. The first-order chi connectivity index (χ1) is 23.5. The van der Waals surface area contributed by atoms with Crippen LogP contribution in [0.1, 0.15) is 106 Å². The van der Waals surface area contributed by atoms with E-state index in [1.807, 2.05) is 32.9 Å². The SMILES string of the molecule is Cc1c2[nH]c(c1CCC(=O)O)C=c1[nH]c(c(C)c1CCC(=O)O)=Cc1[nH]c(c(C)c1C(C)O)C(C(=O)[C@@H](N)CO)=c1[nH]c(c(C)c1C(C)O)=C2. The van der Waals surface area contributed by atoms with E-state index >= 15 is 0 Å². The van der Waals surface area contributed by atoms with Gasteiger partial charge in [0.1, 0.15) is 0 Å². The van der Waals surface area contributed by atoms with Crippen molar-refractivity contribution in [2.24, 2.45) is 5.73 Å². The van der Waals surface area contributed by atoms with Crippen LogP contribution in [0.15, 0.2) is 0 Å². The molecule has 0 saturated carbocycles. The summed E-state index contributed by atoms with van der Waals surface area (Å²) < 4.78 is 0. The minimum atomic E-state index is -1.29. The smallest absolute Gasteiger partial charge is 0.303 e. The summed E-state index contributed by atoms with van der Waals surface area (Å²) >= 11 is 0. The van der Waals surface area contributed by atoms with E-state index in [4.69, 9.17) is 5.73 Å². The standard InChI is InChI=1S/C37H45N5O8/c1-15-21(7-9-30(46)47)27-13-28-22(8-10-31(48)49)16(2)25(40-28)12-29-32(19(5)44)18(4)35(42-29)34(37(50)23(38)14-43)36-33(20(6)45)17(3)26(41-36)11-24(15)39-27/h11-13,19-20,23,39-45H,7-10,14,38H2,1-6H3,(H,46,47)(H,48,49)/t19?,20?,23-/m0/s1. The highest BCUT2D eigenvalue weighted by Gasteiger charge is 2.29. The van der Waals surface area contributed by atoms with Gasteiger partial charge in [0.2, 0.25) is 0 Å². The van der Waals surface area contributed by atoms with E-state index in [0.29, 0.717) is 66.4 Å². The monoisotopic (exact) mass is 687 g/mol. The highest BCUT2D eigenvalue weighted by molar-refractivity contribution is 6.22. The second-order valence-corrected chi connectivity index (χ2v) is 13.1. The van der Waals surface area contributed by atoms with E-state index in [0.717, 1.165) is 22.3 Å². The number of aliphatic hydroxyl groups is 3. The van der Waals surface area contributed by atoms with Gasteiger partial charge in [0.25, 0.3) is 0 Å². The molecule has 0 fully saturated rings. The maximum Gasteiger partial charge on any atom is 0.303 e. The van der Waals surface area contributed by atoms with Crippen LogP contribution < -0.4 is 27.1 Å². The average Bonchev–Trinajstić information content (AvgIpc) is 3.72. The average molecular weight is 688 g/mol. The minimum Gasteiger partial charge on any atom is -0.481 e. The van der Waals surface area contributed by atoms with Gasteiger partial charge in [-0.05, 0) is 106 Å². The third kappa shape index (κ3) is 6.64. The van der Waals surface area contributed by atoms with Crippen LogP contribution in [-0.4, -0.2) is 75.8 Å². The molecule has 0 spiro atoms. The topological polar surface area (TPSA) is 242 Å². The number of hydrogen-bond donors (Lipinski definition) is 10. The van der Waals surface area contributed by atoms with Crippen molar-refractivity contribution < 1.29 is 39.9 Å². The van der Waals surface area contributed by atoms with Crippen LogP contribution in [0.5, 0.6) is 0 Å². The lowest BCUT2D eigenvalue weighted by Crippen LogP contribution is -2.38. The van der Waals surface area contributed by atoms with Gasteiger partial charge in [-0.2, -0.15) is 0 Å². The van der Waals surface area contributed by atoms with Crippen LogP contribution in [0.2, 0.25) is 0 Å². The Balaban J connectivity index is 2.04. The zero-order valence-corrected chi connectivity index (χ0v) is 29.0. The number of aromatic nitrogens is 4. The van der Waals surface area contributed by atoms with E-state index in [2.05, 4.69) is 19.9 Å². The Kier molecular flexibility index (Phi) is 10.3. The zero-order chi connectivity index (χ0) is 36.8. The van der Waals surface area contributed by atoms with Crippen molar-refractivity contribution in [3.05, 3.63) is 88.7 Å². The number of rotatable bonds is 11. The second-order valence-electron chi connectivity index (χ2n) is 13.1. The first-order valence-corrected chi connectivity index (χ1v) is 16.6. The third-order valence-corrected chi connectivity index (χ3v) is 9.73. The maximum absolute atomic E-state index is 14.1. The normalized spacial score (nSPS) is 14.4. The lowest BCUT2D eigenvalue weighted by atomic mass is 9.94. The van der Waals surface area contributed by atoms with E-state index < -0.39 is 42.6 Å². The van der Waals surface area contributed by atoms with E-state index in [1.54, 1.807) is 26.8 Å². The first kappa shape index (κ1) is 36.3. The number of nitrogens with two attached hydrogens (primary N) is 1. The number of aromatic amines is 4. The molecule has 11 N–H and O–H groups in total. The molecular weight excluding hydrogens is 642 g/mol. The Labute approximate surface area is 287 Å². The number of carboxylic acids is 2. The fraction of sp³-hybridized carbons (Fsp3) is 0.378. The van der Waals surface area contributed by atoms with Crippen molar-refractivity contribution in [1.82, 2.24) is 19.9 Å². The maximum atomic E-state index is 14.1. The Morgan fingerprint density at radius 2 is 1.24 bits per heavy atom. The van der Waals surface area contributed by atoms with Gasteiger partial charge in [-0.3, -0.25) is 14.4 Å². The largest absolute Gasteiger partial charge is 0.481 e. The molecule has 266 valence electrons. The Bertz CT molecular complexity index is 2260. The number of H-pyrrole nitrogens is 4. The lowest BCUT2D eigenvalue weighted by molar-refractivity contribution is -0.138. The van der Waals surface area contributed by atoms with Gasteiger partial charge >= 0.3 is 11.9 Å². The lowest BCUT2D eigenvalue weighted by Gasteiger charge is -2.13. The Hall–Kier alpha value is -4.95. The molecule has 0 saturated heterocycles. The molecule has 0 aromatic carbocycles. The molecule has 0 aliphatic carbocycles. The van der Waals surface area contributed by atoms with E-state index in [-0.39, 0.29) is 31.3 Å². The van der Waals surface area contributed by atoms with Crippen LogP contribution in [0.4, 0.5) is 0 Å². The molecule has 0 radical (unpaired) electrons. The predicted molar refractivity (Wildman–Crippen MR) is 187 cm³/mol. The Morgan fingerprint density at radius 1 is 0.680 bits per heavy atom. The molecule has 5 rings (SSSR count). The summed E-state index contributed by atoms with van der Waals surface area (Å²) in [4.78, 5) is 51.0. The number of aliphatic carboxylic acids is 2. The number of fused-ring (bicyclic) bond motifs is 8. The van der Waals surface area contributed by atoms with Crippen molar-refractivity contribution in [1.29, 1.82) is 0 Å². The molecule has 4 aromatic heterocycles. The summed E-state index contributed by atoms with van der Waals surface area (Å²) in [5.41, 5.74) is 13.7. The minimum absolute atomic E-state index is 0.0989. The van der Waals surface area contributed by atoms with Crippen molar-refractivity contribution in [2.45, 2.75) is 85.5 Å². The van der Waals surface area contributed by atoms with Crippen LogP contribution in [0.3, 0.4) is 0 Å². The van der Waals surface area contributed by atoms with E-state index in [1.165, 1.54) is 0 Å². The molecule has 1 aliphatic heterocycles. The molecule has 5 heterocycles. The molecular formula is C37H45N5O8. The van der Waals surface area contributed by atoms with Gasteiger partial charge in [-0.25, -0.2) is 0 Å². The van der Waals surface area contributed by atoms with Gasteiger partial charge in [-0.1, -0.05) is 0 Å². The second kappa shape index (κ2) is 14.1. The summed E-state index contributed by atoms with van der Waals surface area (Å²) in [6.07, 6.45) is 3.69. The molecule has 0 amide bonds. The number of Topliss-reactive ketones (excluding diaryl/α,β-unsaturated/α-hetero) is 1. The summed E-state index contributed by atoms with van der Waals surface area (Å²) in [6, 6.07) is -1.29. The van der Waals surface area contributed by atoms with Crippen molar-refractivity contribution in [3.63, 3.8) is 0 Å². The van der Waals surface area contributed by atoms with E-state index in [9.17, 15) is 39.9 Å². The van der Waals surface area contributed by atoms with Gasteiger partial charge in [-0.15, -0.1) is 0 Å². The van der Waals surface area contributed by atoms with Crippen LogP contribution in [0, 0.1) is 27.7 Å². The van der Waals surface area contributed by atoms with Crippen LogP contribution in [-0.2, 0) is 27.2 Å². The summed E-state index contributed by atoms with van der Waals surface area (Å²) in [6.45, 7) is 9.90. The quantitative estimate of drug-likeness (QED) is 0.104. The molecule has 3 atom stereocenters. The molecule has 50 heavy (non-hydrogen) atoms. The van der Waals surface area contributed by atoms with Crippen LogP contribution >= 0.6 is 0 Å². The highest BCUT2D eigenvalue weighted by atomic mass is 16.4. The van der Waals surface area contributed by atoms with Gasteiger partial charge in [0.15, 0.2) is 5.78 Å². The Morgan fingerprint density at radius 3 is 1.82 bits per heavy atom. The number of ketones is 1. The van der Waals surface area contributed by atoms with Crippen LogP contribution in [0.25, 0.3) is 23.8 Å². The van der Waals surface area contributed by atoms with Gasteiger partial charge in [0.05, 0.1) is 41.5 Å². The highest BCUT2D eigenvalue weighted by Crippen LogP contribution is 2.30. The molecule has 13 nitrogen and oxygen atoms in total. The first-order valence-electron chi connectivity index (χ1n) is 16.6. The molecule has 2 unspecified atom stereocenters. The fourth-order valence-corrected chi connectivity index (χ4v) is 7.10. The third-order valence-electron chi connectivity index (χ3n) is 9.73. The predicted octanol–water partition coefficient (Wildman–Crippen LogP) is 0.261. The fourth-order valence-electron chi connectivity index (χ4n) is 7.10. The van der Waals surface area contributed by atoms with Crippen molar-refractivity contribution in [2.75, 3.05) is 6.61 Å². The number of carbonyl (C=O) groups is 3. The number of carbonyl (C=O) groups excluding carboxylic acids is 1. The number of hydrogen-bond acceptors (Lipinski definition) is 7. The molecule has 13 heteroatoms. The summed E-state index contributed by atoms with van der Waals surface area (Å²) in [5.74, 6) is -2.50. The molecule has 4 aromatic rings. The van der Waals surface area contributed by atoms with Crippen molar-refractivity contribution in [3.8, 4) is 0 Å². The molecule has 8 bridgehead atoms. The zero-order valence-electron chi connectivity index (χ0n) is 29.0. The number of nitrogens with one attached hydrogen (secondary N) is 4. The summed E-state index contributed by atoms with van der Waals surface area (Å²) in [7, 11) is 0. The van der Waals surface area contributed by atoms with Gasteiger partial charge < -0.3 is 51.2 Å². The summed E-state index contributed by atoms with van der Waals surface area (Å²) in [5, 5.41) is 53.4. The van der Waals surface area contributed by atoms with Gasteiger partial charge in [0, 0.05) is 57.1 Å². The number of carboxylic acid groups (broad SMARTS) is 2. The van der Waals surface area contributed by atoms with Crippen molar-refractivity contribution >= 4 is 41.5 Å². The molecule has 1 aliphatic rings.